The topological polar surface area (TPSA) is 17.1 Å². The van der Waals surface area contributed by atoms with E-state index in [0.29, 0.717) is 0 Å². The maximum absolute atomic E-state index is 12.6. The van der Waals surface area contributed by atoms with Gasteiger partial charge in [0.25, 0.3) is 0 Å². The molecular weight excluding hydrogens is 167 g/mol. The fraction of sp³-hybridized carbons (Fsp3) is 0.125. The SMILES string of the molecule is CC(=O)c1[c]c(F)c(Cl)cc1. The van der Waals surface area contributed by atoms with E-state index < -0.39 is 5.82 Å². The lowest BCUT2D eigenvalue weighted by atomic mass is 10.1. The molecule has 11 heavy (non-hydrogen) atoms. The molecule has 1 nitrogen and oxygen atoms in total. The van der Waals surface area contributed by atoms with Gasteiger partial charge in [0.1, 0.15) is 5.82 Å². The number of ketones is 1. The van der Waals surface area contributed by atoms with Crippen LogP contribution in [0.1, 0.15) is 17.3 Å². The Balaban J connectivity index is 3.15. The van der Waals surface area contributed by atoms with Crippen LogP contribution in [0, 0.1) is 11.9 Å². The van der Waals surface area contributed by atoms with Crippen LogP contribution in [0.15, 0.2) is 12.1 Å². The minimum absolute atomic E-state index is 0.0185. The van der Waals surface area contributed by atoms with E-state index in [9.17, 15) is 9.18 Å². The molecule has 0 bridgehead atoms. The number of hydrogen-bond donors (Lipinski definition) is 0. The number of benzene rings is 1. The molecular formula is C8H5ClFO. The van der Waals surface area contributed by atoms with Crippen molar-refractivity contribution in [2.45, 2.75) is 6.92 Å². The van der Waals surface area contributed by atoms with E-state index in [1.165, 1.54) is 19.1 Å². The Bertz CT molecular complexity index is 296. The molecule has 0 saturated heterocycles. The fourth-order valence-corrected chi connectivity index (χ4v) is 0.765. The molecule has 0 fully saturated rings. The standard InChI is InChI=1S/C8H5ClFO/c1-5(11)6-2-3-7(9)8(10)4-6/h2-3H,1H3. The monoisotopic (exact) mass is 171 g/mol. The van der Waals surface area contributed by atoms with Gasteiger partial charge in [-0.3, -0.25) is 4.79 Å². The fourth-order valence-electron chi connectivity index (χ4n) is 0.655. The number of halogens is 2. The summed E-state index contributed by atoms with van der Waals surface area (Å²) < 4.78 is 12.6. The normalized spacial score (nSPS) is 9.73. The summed E-state index contributed by atoms with van der Waals surface area (Å²) in [6.45, 7) is 1.35. The summed E-state index contributed by atoms with van der Waals surface area (Å²) in [5.41, 5.74) is 0.215. The first-order chi connectivity index (χ1) is 5.11. The average molecular weight is 172 g/mol. The minimum atomic E-state index is -0.681. The van der Waals surface area contributed by atoms with Crippen LogP contribution >= 0.6 is 11.6 Å². The molecule has 1 aromatic carbocycles. The molecule has 0 heterocycles. The summed E-state index contributed by atoms with van der Waals surface area (Å²) in [6.07, 6.45) is 0. The first-order valence-electron chi connectivity index (χ1n) is 2.99. The second-order valence-electron chi connectivity index (χ2n) is 2.09. The van der Waals surface area contributed by atoms with Crippen LogP contribution in [-0.4, -0.2) is 5.78 Å². The van der Waals surface area contributed by atoms with Crippen molar-refractivity contribution in [2.24, 2.45) is 0 Å². The van der Waals surface area contributed by atoms with Gasteiger partial charge in [0.15, 0.2) is 5.78 Å². The summed E-state index contributed by atoms with van der Waals surface area (Å²) in [5, 5.41) is -0.0185. The maximum atomic E-state index is 12.6. The van der Waals surface area contributed by atoms with Crippen LogP contribution in [0.4, 0.5) is 4.39 Å². The van der Waals surface area contributed by atoms with E-state index in [1.807, 2.05) is 0 Å². The Labute approximate surface area is 68.8 Å². The second-order valence-corrected chi connectivity index (χ2v) is 2.50. The highest BCUT2D eigenvalue weighted by Crippen LogP contribution is 2.14. The highest BCUT2D eigenvalue weighted by Gasteiger charge is 2.04. The third-order valence-electron chi connectivity index (χ3n) is 1.23. The highest BCUT2D eigenvalue weighted by molar-refractivity contribution is 6.30. The van der Waals surface area contributed by atoms with Crippen molar-refractivity contribution in [3.8, 4) is 0 Å². The van der Waals surface area contributed by atoms with Crippen LogP contribution in [0.3, 0.4) is 0 Å². The van der Waals surface area contributed by atoms with Gasteiger partial charge in [0.05, 0.1) is 5.02 Å². The average Bonchev–Trinajstić information content (AvgIpc) is 1.94. The van der Waals surface area contributed by atoms with Gasteiger partial charge in [-0.1, -0.05) is 11.6 Å². The van der Waals surface area contributed by atoms with Gasteiger partial charge in [-0.05, 0) is 19.1 Å². The van der Waals surface area contributed by atoms with Gasteiger partial charge in [-0.2, -0.15) is 0 Å². The Morgan fingerprint density at radius 1 is 1.64 bits per heavy atom. The second kappa shape index (κ2) is 3.01. The quantitative estimate of drug-likeness (QED) is 0.594. The number of carbonyl (C=O) groups is 1. The lowest BCUT2D eigenvalue weighted by molar-refractivity contribution is 0.101. The molecule has 0 N–H and O–H groups in total. The van der Waals surface area contributed by atoms with Gasteiger partial charge in [0.2, 0.25) is 0 Å². The van der Waals surface area contributed by atoms with Crippen molar-refractivity contribution in [1.82, 2.24) is 0 Å². The van der Waals surface area contributed by atoms with E-state index in [2.05, 4.69) is 6.07 Å². The van der Waals surface area contributed by atoms with Crippen LogP contribution in [0.25, 0.3) is 0 Å². The molecule has 0 aliphatic rings. The summed E-state index contributed by atoms with van der Waals surface area (Å²) in [6, 6.07) is 5.00. The smallest absolute Gasteiger partial charge is 0.160 e. The van der Waals surface area contributed by atoms with Crippen LogP contribution in [-0.2, 0) is 0 Å². The molecule has 0 spiro atoms. The molecule has 1 radical (unpaired) electrons. The van der Waals surface area contributed by atoms with Crippen molar-refractivity contribution < 1.29 is 9.18 Å². The molecule has 0 amide bonds. The molecule has 0 aliphatic heterocycles. The Hall–Kier alpha value is -0.890. The van der Waals surface area contributed by atoms with E-state index in [-0.39, 0.29) is 16.4 Å². The molecule has 3 heteroatoms. The third kappa shape index (κ3) is 1.77. The first-order valence-corrected chi connectivity index (χ1v) is 3.37. The van der Waals surface area contributed by atoms with Crippen molar-refractivity contribution in [1.29, 1.82) is 0 Å². The van der Waals surface area contributed by atoms with Crippen molar-refractivity contribution in [3.63, 3.8) is 0 Å². The van der Waals surface area contributed by atoms with E-state index in [4.69, 9.17) is 11.6 Å². The molecule has 0 aromatic heterocycles. The molecule has 0 aliphatic carbocycles. The molecule has 1 rings (SSSR count). The van der Waals surface area contributed by atoms with E-state index >= 15 is 0 Å². The largest absolute Gasteiger partial charge is 0.294 e. The van der Waals surface area contributed by atoms with Gasteiger partial charge in [-0.15, -0.1) is 0 Å². The van der Waals surface area contributed by atoms with Gasteiger partial charge in [-0.25, -0.2) is 4.39 Å². The predicted molar refractivity (Wildman–Crippen MR) is 40.3 cm³/mol. The number of rotatable bonds is 1. The zero-order valence-corrected chi connectivity index (χ0v) is 6.57. The molecule has 1 aromatic rings. The minimum Gasteiger partial charge on any atom is -0.294 e. The summed E-state index contributed by atoms with van der Waals surface area (Å²) >= 11 is 5.37. The summed E-state index contributed by atoms with van der Waals surface area (Å²) in [7, 11) is 0. The molecule has 57 valence electrons. The van der Waals surface area contributed by atoms with E-state index in [1.54, 1.807) is 0 Å². The highest BCUT2D eigenvalue weighted by atomic mass is 35.5. The van der Waals surface area contributed by atoms with Crippen molar-refractivity contribution in [3.05, 3.63) is 34.6 Å². The van der Waals surface area contributed by atoms with Crippen molar-refractivity contribution in [2.75, 3.05) is 0 Å². The number of hydrogen-bond acceptors (Lipinski definition) is 1. The predicted octanol–water partition coefficient (Wildman–Crippen LogP) is 2.48. The summed E-state index contributed by atoms with van der Waals surface area (Å²) in [4.78, 5) is 10.7. The zero-order valence-electron chi connectivity index (χ0n) is 5.82. The Kier molecular flexibility index (Phi) is 2.25. The lowest BCUT2D eigenvalue weighted by Gasteiger charge is -1.95. The summed E-state index contributed by atoms with van der Waals surface area (Å²) in [5.74, 6) is -0.903. The van der Waals surface area contributed by atoms with Crippen molar-refractivity contribution >= 4 is 17.4 Å². The van der Waals surface area contributed by atoms with Crippen LogP contribution < -0.4 is 0 Å². The molecule has 0 unspecified atom stereocenters. The number of carbonyl (C=O) groups excluding carboxylic acids is 1. The van der Waals surface area contributed by atoms with Gasteiger partial charge < -0.3 is 0 Å². The van der Waals surface area contributed by atoms with Gasteiger partial charge in [0, 0.05) is 11.6 Å². The van der Waals surface area contributed by atoms with E-state index in [0.717, 1.165) is 0 Å². The van der Waals surface area contributed by atoms with Crippen LogP contribution in [0.5, 0.6) is 0 Å². The number of Topliss-reactive ketones (excluding diaryl/α,β-unsaturated/α-hetero) is 1. The zero-order chi connectivity index (χ0) is 8.43. The molecule has 0 atom stereocenters. The Morgan fingerprint density at radius 3 is 2.73 bits per heavy atom. The third-order valence-corrected chi connectivity index (χ3v) is 1.52. The molecule has 0 saturated carbocycles. The Morgan fingerprint density at radius 2 is 2.27 bits per heavy atom. The maximum Gasteiger partial charge on any atom is 0.160 e. The van der Waals surface area contributed by atoms with Gasteiger partial charge >= 0.3 is 0 Å². The van der Waals surface area contributed by atoms with Crippen LogP contribution in [0.2, 0.25) is 5.02 Å². The lowest BCUT2D eigenvalue weighted by Crippen LogP contribution is -1.93. The first kappa shape index (κ1) is 8.21.